The van der Waals surface area contributed by atoms with Gasteiger partial charge in [0.05, 0.1) is 13.2 Å². The van der Waals surface area contributed by atoms with E-state index in [-0.39, 0.29) is 13.2 Å². The number of aliphatic hydroxyl groups excluding tert-OH is 2. The second-order valence-electron chi connectivity index (χ2n) is 4.95. The van der Waals surface area contributed by atoms with Crippen LogP contribution in [-0.2, 0) is 0 Å². The first kappa shape index (κ1) is 15.9. The van der Waals surface area contributed by atoms with Crippen molar-refractivity contribution in [2.75, 3.05) is 48.4 Å². The van der Waals surface area contributed by atoms with Crippen molar-refractivity contribution in [3.63, 3.8) is 0 Å². The zero-order valence-electron chi connectivity index (χ0n) is 12.3. The third-order valence-corrected chi connectivity index (χ3v) is 3.20. The van der Waals surface area contributed by atoms with Gasteiger partial charge in [-0.05, 0) is 42.0 Å². The Morgan fingerprint density at radius 3 is 1.95 bits per heavy atom. The fourth-order valence-electron chi connectivity index (χ4n) is 2.21. The van der Waals surface area contributed by atoms with Gasteiger partial charge in [-0.25, -0.2) is 0 Å². The molecule has 0 aliphatic heterocycles. The summed E-state index contributed by atoms with van der Waals surface area (Å²) in [7, 11) is 0. The summed E-state index contributed by atoms with van der Waals surface area (Å²) in [4.78, 5) is 0. The van der Waals surface area contributed by atoms with Crippen LogP contribution in [0.3, 0.4) is 0 Å². The number of hydrogen-bond donors (Lipinski definition) is 6. The van der Waals surface area contributed by atoms with E-state index in [9.17, 15) is 0 Å². The average Bonchev–Trinajstić information content (AvgIpc) is 2.53. The lowest BCUT2D eigenvalue weighted by atomic mass is 10.0. The molecule has 8 N–H and O–H groups in total. The zero-order chi connectivity index (χ0) is 15.9. The van der Waals surface area contributed by atoms with Crippen LogP contribution in [0.2, 0.25) is 0 Å². The number of hydrogen-bond acceptors (Lipinski definition) is 6. The Bertz CT molecular complexity index is 605. The number of nitrogens with two attached hydrogens (primary N) is 2. The summed E-state index contributed by atoms with van der Waals surface area (Å²) in [5.41, 5.74) is 16.6. The second kappa shape index (κ2) is 7.53. The van der Waals surface area contributed by atoms with E-state index in [0.29, 0.717) is 24.5 Å². The molecule has 0 saturated carbocycles. The molecule has 0 spiro atoms. The Labute approximate surface area is 129 Å². The molecule has 2 aromatic rings. The van der Waals surface area contributed by atoms with E-state index in [0.717, 1.165) is 22.5 Å². The van der Waals surface area contributed by atoms with Crippen LogP contribution in [0.1, 0.15) is 0 Å². The minimum atomic E-state index is 0.0457. The van der Waals surface area contributed by atoms with Gasteiger partial charge < -0.3 is 32.3 Å². The monoisotopic (exact) mass is 302 g/mol. The quantitative estimate of drug-likeness (QED) is 0.430. The lowest BCUT2D eigenvalue weighted by molar-refractivity contribution is 0.311. The van der Waals surface area contributed by atoms with E-state index in [1.807, 2.05) is 24.3 Å². The third-order valence-electron chi connectivity index (χ3n) is 3.20. The minimum absolute atomic E-state index is 0.0457. The van der Waals surface area contributed by atoms with Gasteiger partial charge in [0.2, 0.25) is 0 Å². The summed E-state index contributed by atoms with van der Waals surface area (Å²) >= 11 is 0. The maximum atomic E-state index is 8.96. The Morgan fingerprint density at radius 1 is 0.818 bits per heavy atom. The summed E-state index contributed by atoms with van der Waals surface area (Å²) in [6.45, 7) is 0.999. The first-order chi connectivity index (χ1) is 10.6. The summed E-state index contributed by atoms with van der Waals surface area (Å²) in [5.74, 6) is 0. The van der Waals surface area contributed by atoms with Crippen molar-refractivity contribution in [3.05, 3.63) is 36.4 Å². The van der Waals surface area contributed by atoms with Crippen molar-refractivity contribution in [2.24, 2.45) is 0 Å². The lowest BCUT2D eigenvalue weighted by Gasteiger charge is -2.14. The lowest BCUT2D eigenvalue weighted by Crippen LogP contribution is -2.08. The van der Waals surface area contributed by atoms with Gasteiger partial charge >= 0.3 is 0 Å². The highest BCUT2D eigenvalue weighted by Gasteiger charge is 2.07. The molecule has 0 unspecified atom stereocenters. The molecule has 0 radical (unpaired) electrons. The molecule has 0 atom stereocenters. The third kappa shape index (κ3) is 4.03. The molecule has 0 aliphatic carbocycles. The Hall–Kier alpha value is -2.44. The molecule has 2 aromatic carbocycles. The number of rotatable bonds is 7. The van der Waals surface area contributed by atoms with Gasteiger partial charge in [0.1, 0.15) is 0 Å². The Balaban J connectivity index is 2.41. The molecule has 0 aliphatic rings. The molecular formula is C16H22N4O2. The van der Waals surface area contributed by atoms with E-state index in [2.05, 4.69) is 10.6 Å². The van der Waals surface area contributed by atoms with Crippen LogP contribution in [-0.4, -0.2) is 36.5 Å². The second-order valence-corrected chi connectivity index (χ2v) is 4.95. The van der Waals surface area contributed by atoms with Crippen LogP contribution in [0.25, 0.3) is 11.1 Å². The van der Waals surface area contributed by atoms with Crippen LogP contribution in [0.5, 0.6) is 0 Å². The van der Waals surface area contributed by atoms with Crippen LogP contribution in [0.15, 0.2) is 36.4 Å². The molecule has 6 nitrogen and oxygen atoms in total. The Kier molecular flexibility index (Phi) is 5.46. The van der Waals surface area contributed by atoms with Crippen LogP contribution in [0, 0.1) is 0 Å². The summed E-state index contributed by atoms with van der Waals surface area (Å²) < 4.78 is 0. The van der Waals surface area contributed by atoms with Gasteiger partial charge in [0.15, 0.2) is 0 Å². The van der Waals surface area contributed by atoms with E-state index in [1.54, 1.807) is 12.1 Å². The van der Waals surface area contributed by atoms with Crippen LogP contribution in [0.4, 0.5) is 22.7 Å². The fourth-order valence-corrected chi connectivity index (χ4v) is 2.21. The van der Waals surface area contributed by atoms with Crippen molar-refractivity contribution >= 4 is 22.7 Å². The predicted octanol–water partition coefficient (Wildman–Crippen LogP) is 1.33. The van der Waals surface area contributed by atoms with Crippen molar-refractivity contribution in [3.8, 4) is 11.1 Å². The number of nitrogen functional groups attached to an aromatic ring is 2. The van der Waals surface area contributed by atoms with Gasteiger partial charge in [-0.2, -0.15) is 0 Å². The predicted molar refractivity (Wildman–Crippen MR) is 91.9 cm³/mol. The highest BCUT2D eigenvalue weighted by molar-refractivity contribution is 5.83. The molecule has 22 heavy (non-hydrogen) atoms. The van der Waals surface area contributed by atoms with Crippen molar-refractivity contribution in [1.29, 1.82) is 0 Å². The largest absolute Gasteiger partial charge is 0.399 e. The standard InChI is InChI=1S/C16H22N4O2/c17-12-1-2-16(18)15(9-12)11-7-13(19-3-5-21)10-14(8-11)20-4-6-22/h1-2,7-10,19-22H,3-6,17-18H2. The molecule has 0 heterocycles. The number of aliphatic hydroxyl groups is 2. The summed E-state index contributed by atoms with van der Waals surface area (Å²) in [5, 5.41) is 24.2. The van der Waals surface area contributed by atoms with Crippen molar-refractivity contribution in [2.45, 2.75) is 0 Å². The topological polar surface area (TPSA) is 117 Å². The normalized spacial score (nSPS) is 10.5. The number of nitrogens with one attached hydrogen (secondary N) is 2. The molecule has 0 saturated heterocycles. The highest BCUT2D eigenvalue weighted by Crippen LogP contribution is 2.32. The van der Waals surface area contributed by atoms with Crippen molar-refractivity contribution < 1.29 is 10.2 Å². The fraction of sp³-hybridized carbons (Fsp3) is 0.250. The summed E-state index contributed by atoms with van der Waals surface area (Å²) in [6.07, 6.45) is 0. The van der Waals surface area contributed by atoms with E-state index in [1.165, 1.54) is 0 Å². The SMILES string of the molecule is Nc1ccc(N)c(-c2cc(NCCO)cc(NCCO)c2)c1. The molecule has 0 amide bonds. The van der Waals surface area contributed by atoms with Gasteiger partial charge in [-0.15, -0.1) is 0 Å². The van der Waals surface area contributed by atoms with Gasteiger partial charge in [0, 0.05) is 41.4 Å². The zero-order valence-corrected chi connectivity index (χ0v) is 12.3. The average molecular weight is 302 g/mol. The van der Waals surface area contributed by atoms with Gasteiger partial charge in [-0.1, -0.05) is 0 Å². The summed E-state index contributed by atoms with van der Waals surface area (Å²) in [6, 6.07) is 11.2. The highest BCUT2D eigenvalue weighted by atomic mass is 16.3. The van der Waals surface area contributed by atoms with Gasteiger partial charge in [-0.3, -0.25) is 0 Å². The maximum absolute atomic E-state index is 8.96. The van der Waals surface area contributed by atoms with Crippen LogP contribution >= 0.6 is 0 Å². The van der Waals surface area contributed by atoms with E-state index >= 15 is 0 Å². The first-order valence-corrected chi connectivity index (χ1v) is 7.14. The Morgan fingerprint density at radius 2 is 1.41 bits per heavy atom. The molecule has 6 heteroatoms. The molecule has 2 rings (SSSR count). The molecule has 118 valence electrons. The van der Waals surface area contributed by atoms with Crippen molar-refractivity contribution in [1.82, 2.24) is 0 Å². The molecule has 0 aromatic heterocycles. The molecule has 0 bridgehead atoms. The van der Waals surface area contributed by atoms with E-state index < -0.39 is 0 Å². The first-order valence-electron chi connectivity index (χ1n) is 7.14. The molecule has 0 fully saturated rings. The molecular weight excluding hydrogens is 280 g/mol. The number of anilines is 4. The minimum Gasteiger partial charge on any atom is -0.399 e. The maximum Gasteiger partial charge on any atom is 0.0604 e. The van der Waals surface area contributed by atoms with Gasteiger partial charge in [0.25, 0.3) is 0 Å². The number of benzene rings is 2. The smallest absolute Gasteiger partial charge is 0.0604 e. The van der Waals surface area contributed by atoms with Crippen LogP contribution < -0.4 is 22.1 Å². The van der Waals surface area contributed by atoms with E-state index in [4.69, 9.17) is 21.7 Å².